The second-order valence-corrected chi connectivity index (χ2v) is 4.47. The van der Waals surface area contributed by atoms with Crippen LogP contribution in [0.25, 0.3) is 0 Å². The number of phenols is 1. The van der Waals surface area contributed by atoms with Gasteiger partial charge in [0.2, 0.25) is 0 Å². The second-order valence-electron chi connectivity index (χ2n) is 4.47. The Morgan fingerprint density at radius 1 is 0.950 bits per heavy atom. The van der Waals surface area contributed by atoms with E-state index in [1.807, 2.05) is 12.1 Å². The molecule has 0 bridgehead atoms. The third kappa shape index (κ3) is 4.90. The Labute approximate surface area is 118 Å². The Hall–Kier alpha value is -2.07. The summed E-state index contributed by atoms with van der Waals surface area (Å²) in [7, 11) is 0. The highest BCUT2D eigenvalue weighted by Gasteiger charge is 1.96. The van der Waals surface area contributed by atoms with Crippen molar-refractivity contribution in [1.29, 1.82) is 0 Å². The summed E-state index contributed by atoms with van der Waals surface area (Å²) in [6.45, 7) is 2.12. The maximum absolute atomic E-state index is 12.7. The van der Waals surface area contributed by atoms with Crippen molar-refractivity contribution in [3.05, 3.63) is 59.9 Å². The van der Waals surface area contributed by atoms with Gasteiger partial charge in [0.15, 0.2) is 0 Å². The molecule has 3 nitrogen and oxygen atoms in total. The van der Waals surface area contributed by atoms with Crippen molar-refractivity contribution in [2.45, 2.75) is 6.42 Å². The summed E-state index contributed by atoms with van der Waals surface area (Å²) in [5.41, 5.74) is 1.18. The molecule has 0 heterocycles. The molecule has 0 aromatic heterocycles. The number of ether oxygens (including phenoxy) is 1. The summed E-state index contributed by atoms with van der Waals surface area (Å²) in [6.07, 6.45) is 0.900. The van der Waals surface area contributed by atoms with Gasteiger partial charge in [-0.25, -0.2) is 4.39 Å². The molecule has 0 atom stereocenters. The minimum atomic E-state index is -0.260. The van der Waals surface area contributed by atoms with Crippen LogP contribution in [-0.4, -0.2) is 24.8 Å². The summed E-state index contributed by atoms with van der Waals surface area (Å²) < 4.78 is 18.1. The van der Waals surface area contributed by atoms with Crippen LogP contribution in [0.3, 0.4) is 0 Å². The number of aromatic hydroxyl groups is 1. The molecule has 2 aromatic rings. The zero-order valence-electron chi connectivity index (χ0n) is 11.2. The Balaban J connectivity index is 1.57. The van der Waals surface area contributed by atoms with Crippen LogP contribution in [0.1, 0.15) is 5.56 Å². The number of benzene rings is 2. The summed E-state index contributed by atoms with van der Waals surface area (Å²) >= 11 is 0. The molecule has 0 aliphatic carbocycles. The normalized spacial score (nSPS) is 10.4. The number of hydrogen-bond acceptors (Lipinski definition) is 3. The van der Waals surface area contributed by atoms with E-state index in [1.165, 1.54) is 17.7 Å². The van der Waals surface area contributed by atoms with Crippen molar-refractivity contribution >= 4 is 0 Å². The SMILES string of the molecule is Oc1ccc(CCNCCOc2ccc(F)cc2)cc1. The lowest BCUT2D eigenvalue weighted by Crippen LogP contribution is -2.23. The van der Waals surface area contributed by atoms with Gasteiger partial charge in [-0.05, 0) is 54.9 Å². The van der Waals surface area contributed by atoms with Gasteiger partial charge in [-0.2, -0.15) is 0 Å². The standard InChI is InChI=1S/C16H18FNO2/c17-14-3-7-16(8-4-14)20-12-11-18-10-9-13-1-5-15(19)6-2-13/h1-8,18-19H,9-12H2. The van der Waals surface area contributed by atoms with Crippen LogP contribution in [0.15, 0.2) is 48.5 Å². The van der Waals surface area contributed by atoms with Crippen molar-refractivity contribution in [3.8, 4) is 11.5 Å². The minimum absolute atomic E-state index is 0.260. The van der Waals surface area contributed by atoms with E-state index in [9.17, 15) is 4.39 Å². The van der Waals surface area contributed by atoms with Crippen molar-refractivity contribution in [3.63, 3.8) is 0 Å². The van der Waals surface area contributed by atoms with Crippen molar-refractivity contribution in [2.75, 3.05) is 19.7 Å². The van der Waals surface area contributed by atoms with E-state index in [4.69, 9.17) is 9.84 Å². The van der Waals surface area contributed by atoms with E-state index in [1.54, 1.807) is 24.3 Å². The van der Waals surface area contributed by atoms with E-state index in [2.05, 4.69) is 5.32 Å². The Kier molecular flexibility index (Phi) is 5.38. The van der Waals surface area contributed by atoms with Gasteiger partial charge >= 0.3 is 0 Å². The van der Waals surface area contributed by atoms with E-state index in [0.29, 0.717) is 12.4 Å². The highest BCUT2D eigenvalue weighted by atomic mass is 19.1. The molecular formula is C16H18FNO2. The fourth-order valence-corrected chi connectivity index (χ4v) is 1.79. The van der Waals surface area contributed by atoms with Crippen molar-refractivity contribution in [1.82, 2.24) is 5.32 Å². The molecule has 0 saturated carbocycles. The Bertz CT molecular complexity index is 462. The molecule has 4 heteroatoms. The van der Waals surface area contributed by atoms with Crippen LogP contribution in [0.2, 0.25) is 0 Å². The molecular weight excluding hydrogens is 257 g/mol. The van der Waals surface area contributed by atoms with Crippen LogP contribution >= 0.6 is 0 Å². The monoisotopic (exact) mass is 275 g/mol. The number of nitrogens with one attached hydrogen (secondary N) is 1. The van der Waals surface area contributed by atoms with Crippen LogP contribution in [0, 0.1) is 5.82 Å². The first-order valence-electron chi connectivity index (χ1n) is 6.61. The molecule has 0 radical (unpaired) electrons. The number of halogens is 1. The van der Waals surface area contributed by atoms with Crippen LogP contribution in [-0.2, 0) is 6.42 Å². The van der Waals surface area contributed by atoms with Gasteiger partial charge in [0.25, 0.3) is 0 Å². The Morgan fingerprint density at radius 3 is 2.35 bits per heavy atom. The molecule has 0 aliphatic rings. The molecule has 0 unspecified atom stereocenters. The van der Waals surface area contributed by atoms with E-state index < -0.39 is 0 Å². The van der Waals surface area contributed by atoms with E-state index in [0.717, 1.165) is 19.5 Å². The molecule has 0 aliphatic heterocycles. The Morgan fingerprint density at radius 2 is 1.65 bits per heavy atom. The highest BCUT2D eigenvalue weighted by Crippen LogP contribution is 2.11. The summed E-state index contributed by atoms with van der Waals surface area (Å²) in [6, 6.07) is 13.2. The zero-order chi connectivity index (χ0) is 14.2. The maximum atomic E-state index is 12.7. The first-order chi connectivity index (χ1) is 9.74. The summed E-state index contributed by atoms with van der Waals surface area (Å²) in [5.74, 6) is 0.700. The lowest BCUT2D eigenvalue weighted by atomic mass is 10.1. The largest absolute Gasteiger partial charge is 0.508 e. The quantitative estimate of drug-likeness (QED) is 0.763. The van der Waals surface area contributed by atoms with Gasteiger partial charge in [-0.15, -0.1) is 0 Å². The van der Waals surface area contributed by atoms with Gasteiger partial charge in [-0.1, -0.05) is 12.1 Å². The third-order valence-corrected chi connectivity index (χ3v) is 2.89. The van der Waals surface area contributed by atoms with Crippen molar-refractivity contribution < 1.29 is 14.2 Å². The summed E-state index contributed by atoms with van der Waals surface area (Å²) in [5, 5.41) is 12.4. The third-order valence-electron chi connectivity index (χ3n) is 2.89. The first-order valence-corrected chi connectivity index (χ1v) is 6.61. The van der Waals surface area contributed by atoms with Gasteiger partial charge in [-0.3, -0.25) is 0 Å². The van der Waals surface area contributed by atoms with Crippen molar-refractivity contribution in [2.24, 2.45) is 0 Å². The zero-order valence-corrected chi connectivity index (χ0v) is 11.2. The van der Waals surface area contributed by atoms with E-state index in [-0.39, 0.29) is 11.6 Å². The lowest BCUT2D eigenvalue weighted by Gasteiger charge is -2.07. The van der Waals surface area contributed by atoms with Crippen LogP contribution in [0.4, 0.5) is 4.39 Å². The number of hydrogen-bond donors (Lipinski definition) is 2. The fraction of sp³-hybridized carbons (Fsp3) is 0.250. The molecule has 2 rings (SSSR count). The second kappa shape index (κ2) is 7.50. The van der Waals surface area contributed by atoms with Gasteiger partial charge < -0.3 is 15.2 Å². The van der Waals surface area contributed by atoms with Gasteiger partial charge in [0.1, 0.15) is 23.9 Å². The first kappa shape index (κ1) is 14.3. The van der Waals surface area contributed by atoms with Gasteiger partial charge in [0, 0.05) is 6.54 Å². The average molecular weight is 275 g/mol. The van der Waals surface area contributed by atoms with Gasteiger partial charge in [0.05, 0.1) is 0 Å². The molecule has 2 aromatic carbocycles. The summed E-state index contributed by atoms with van der Waals surface area (Å²) in [4.78, 5) is 0. The molecule has 20 heavy (non-hydrogen) atoms. The van der Waals surface area contributed by atoms with E-state index >= 15 is 0 Å². The maximum Gasteiger partial charge on any atom is 0.123 e. The number of rotatable bonds is 7. The topological polar surface area (TPSA) is 41.5 Å². The minimum Gasteiger partial charge on any atom is -0.508 e. The molecule has 0 amide bonds. The fourth-order valence-electron chi connectivity index (χ4n) is 1.79. The predicted molar refractivity (Wildman–Crippen MR) is 76.6 cm³/mol. The smallest absolute Gasteiger partial charge is 0.123 e. The lowest BCUT2D eigenvalue weighted by molar-refractivity contribution is 0.314. The number of phenolic OH excluding ortho intramolecular Hbond substituents is 1. The van der Waals surface area contributed by atoms with Crippen LogP contribution < -0.4 is 10.1 Å². The molecule has 0 spiro atoms. The molecule has 2 N–H and O–H groups in total. The van der Waals surface area contributed by atoms with Crippen LogP contribution in [0.5, 0.6) is 11.5 Å². The average Bonchev–Trinajstić information content (AvgIpc) is 2.46. The predicted octanol–water partition coefficient (Wildman–Crippen LogP) is 2.74. The molecule has 0 saturated heterocycles. The molecule has 106 valence electrons. The molecule has 0 fully saturated rings. The highest BCUT2D eigenvalue weighted by molar-refractivity contribution is 5.26.